The molecule has 2 amide bonds. The van der Waals surface area contributed by atoms with Crippen LogP contribution in [0, 0.1) is 5.82 Å². The number of sulfonamides is 1. The fourth-order valence-corrected chi connectivity index (χ4v) is 5.37. The van der Waals surface area contributed by atoms with Crippen LogP contribution in [0.2, 0.25) is 5.02 Å². The number of rotatable bonds is 12. The molecule has 0 aromatic heterocycles. The third-order valence-corrected chi connectivity index (χ3v) is 8.26. The molecule has 13 heteroatoms. The van der Waals surface area contributed by atoms with Gasteiger partial charge in [-0.2, -0.15) is 13.2 Å². The molecule has 0 heterocycles. The Labute approximate surface area is 253 Å². The van der Waals surface area contributed by atoms with Gasteiger partial charge in [0.25, 0.3) is 0 Å². The van der Waals surface area contributed by atoms with Crippen molar-refractivity contribution in [2.24, 2.45) is 0 Å². The fourth-order valence-electron chi connectivity index (χ4n) is 4.30. The predicted octanol–water partition coefficient (Wildman–Crippen LogP) is 5.82. The van der Waals surface area contributed by atoms with Crippen LogP contribution in [0.5, 0.6) is 0 Å². The summed E-state index contributed by atoms with van der Waals surface area (Å²) in [6, 6.07) is 15.3. The van der Waals surface area contributed by atoms with Crippen molar-refractivity contribution in [2.75, 3.05) is 17.1 Å². The highest BCUT2D eigenvalue weighted by Gasteiger charge is 2.36. The summed E-state index contributed by atoms with van der Waals surface area (Å²) in [5.41, 5.74) is -1.01. The van der Waals surface area contributed by atoms with E-state index in [1.54, 1.807) is 43.3 Å². The summed E-state index contributed by atoms with van der Waals surface area (Å²) in [5, 5.41) is 2.18. The fraction of sp³-hybridized carbons (Fsp3) is 0.333. The number of nitrogens with zero attached hydrogens (tertiary/aromatic N) is 2. The zero-order valence-corrected chi connectivity index (χ0v) is 25.3. The molecule has 0 unspecified atom stereocenters. The van der Waals surface area contributed by atoms with Gasteiger partial charge in [0.2, 0.25) is 21.8 Å². The first-order valence-corrected chi connectivity index (χ1v) is 15.6. The van der Waals surface area contributed by atoms with Gasteiger partial charge in [-0.15, -0.1) is 0 Å². The first-order valence-electron chi connectivity index (χ1n) is 13.3. The third kappa shape index (κ3) is 9.17. The van der Waals surface area contributed by atoms with E-state index in [9.17, 15) is 35.6 Å². The van der Waals surface area contributed by atoms with Crippen LogP contribution < -0.4 is 9.62 Å². The topological polar surface area (TPSA) is 86.8 Å². The second-order valence-corrected chi connectivity index (χ2v) is 12.4. The van der Waals surface area contributed by atoms with Crippen molar-refractivity contribution in [1.29, 1.82) is 0 Å². The van der Waals surface area contributed by atoms with Crippen molar-refractivity contribution in [3.8, 4) is 0 Å². The van der Waals surface area contributed by atoms with Gasteiger partial charge in [-0.3, -0.25) is 13.9 Å². The maximum absolute atomic E-state index is 14.8. The Morgan fingerprint density at radius 2 is 1.63 bits per heavy atom. The largest absolute Gasteiger partial charge is 0.417 e. The lowest BCUT2D eigenvalue weighted by atomic mass is 10.0. The molecule has 0 aliphatic heterocycles. The van der Waals surface area contributed by atoms with Crippen LogP contribution in [0.3, 0.4) is 0 Å². The number of alkyl halides is 3. The smallest absolute Gasteiger partial charge is 0.352 e. The molecular weight excluding hydrogens is 610 g/mol. The number of halogens is 5. The van der Waals surface area contributed by atoms with Gasteiger partial charge in [0, 0.05) is 24.6 Å². The standard InChI is InChI=1S/C30H32ClF4N3O4S/c1-4-20(2)36-29(40)27(16-21-10-6-5-7-11-21)37(18-22-12-8-9-13-26(22)32)28(39)19-38(43(3,41)42)23-14-15-25(31)24(17-23)30(33,34)35/h5-15,17,20,27H,4,16,18-19H2,1-3H3,(H,36,40)/t20-,27-/m1/s1. The maximum Gasteiger partial charge on any atom is 0.417 e. The van der Waals surface area contributed by atoms with Crippen LogP contribution in [0.15, 0.2) is 72.8 Å². The van der Waals surface area contributed by atoms with Gasteiger partial charge in [0.15, 0.2) is 0 Å². The second-order valence-electron chi connectivity index (χ2n) is 10.1. The summed E-state index contributed by atoms with van der Waals surface area (Å²) in [4.78, 5) is 28.7. The number of carbonyl (C=O) groups is 2. The first kappa shape index (κ1) is 33.9. The normalized spacial score (nSPS) is 13.2. The molecular formula is C30H32ClF4N3O4S. The molecule has 0 saturated carbocycles. The van der Waals surface area contributed by atoms with Crippen LogP contribution in [-0.2, 0) is 38.8 Å². The van der Waals surface area contributed by atoms with Crippen molar-refractivity contribution in [3.63, 3.8) is 0 Å². The van der Waals surface area contributed by atoms with Gasteiger partial charge in [0.1, 0.15) is 18.4 Å². The minimum absolute atomic E-state index is 0.00133. The van der Waals surface area contributed by atoms with Gasteiger partial charge in [-0.1, -0.05) is 67.1 Å². The highest BCUT2D eigenvalue weighted by atomic mass is 35.5. The molecule has 0 spiro atoms. The second kappa shape index (κ2) is 14.2. The van der Waals surface area contributed by atoms with Crippen molar-refractivity contribution in [2.45, 2.75) is 51.5 Å². The summed E-state index contributed by atoms with van der Waals surface area (Å²) in [5.74, 6) is -2.15. The van der Waals surface area contributed by atoms with E-state index in [1.165, 1.54) is 18.2 Å². The Morgan fingerprint density at radius 1 is 1.00 bits per heavy atom. The van der Waals surface area contributed by atoms with E-state index in [1.807, 2.05) is 6.92 Å². The number of nitrogens with one attached hydrogen (secondary N) is 1. The average Bonchev–Trinajstić information content (AvgIpc) is 2.94. The zero-order chi connectivity index (χ0) is 31.9. The van der Waals surface area contributed by atoms with Gasteiger partial charge < -0.3 is 10.2 Å². The van der Waals surface area contributed by atoms with E-state index < -0.39 is 69.2 Å². The van der Waals surface area contributed by atoms with Crippen molar-refractivity contribution >= 4 is 39.1 Å². The van der Waals surface area contributed by atoms with E-state index in [0.29, 0.717) is 22.4 Å². The minimum atomic E-state index is -4.90. The Kier molecular flexibility index (Phi) is 11.2. The van der Waals surface area contributed by atoms with Crippen molar-refractivity contribution in [3.05, 3.63) is 100 Å². The number of anilines is 1. The van der Waals surface area contributed by atoms with Gasteiger partial charge >= 0.3 is 6.18 Å². The monoisotopic (exact) mass is 641 g/mol. The number of hydrogen-bond acceptors (Lipinski definition) is 4. The van der Waals surface area contributed by atoms with Gasteiger partial charge in [-0.05, 0) is 43.2 Å². The molecule has 3 rings (SSSR count). The molecule has 3 aromatic rings. The zero-order valence-electron chi connectivity index (χ0n) is 23.7. The molecule has 1 N–H and O–H groups in total. The summed E-state index contributed by atoms with van der Waals surface area (Å²) < 4.78 is 81.7. The molecule has 232 valence electrons. The van der Waals surface area contributed by atoms with Crippen LogP contribution in [0.1, 0.15) is 37.0 Å². The summed E-state index contributed by atoms with van der Waals surface area (Å²) in [6.45, 7) is 2.24. The van der Waals surface area contributed by atoms with Crippen molar-refractivity contribution < 1.29 is 35.6 Å². The molecule has 2 atom stereocenters. The Hall–Kier alpha value is -3.64. The maximum atomic E-state index is 14.8. The van der Waals surface area contributed by atoms with Crippen molar-refractivity contribution in [1.82, 2.24) is 10.2 Å². The molecule has 0 radical (unpaired) electrons. The van der Waals surface area contributed by atoms with Gasteiger partial charge in [-0.25, -0.2) is 12.8 Å². The Balaban J connectivity index is 2.12. The quantitative estimate of drug-likeness (QED) is 0.253. The highest BCUT2D eigenvalue weighted by Crippen LogP contribution is 2.37. The first-order chi connectivity index (χ1) is 20.1. The summed E-state index contributed by atoms with van der Waals surface area (Å²) >= 11 is 5.72. The summed E-state index contributed by atoms with van der Waals surface area (Å²) in [6.07, 6.45) is -3.58. The van der Waals surface area contributed by atoms with E-state index in [-0.39, 0.29) is 18.0 Å². The molecule has 0 aliphatic carbocycles. The van der Waals surface area contributed by atoms with Crippen LogP contribution >= 0.6 is 11.6 Å². The summed E-state index contributed by atoms with van der Waals surface area (Å²) in [7, 11) is -4.33. The highest BCUT2D eigenvalue weighted by molar-refractivity contribution is 7.92. The number of amides is 2. The molecule has 0 saturated heterocycles. The lowest BCUT2D eigenvalue weighted by Gasteiger charge is -2.34. The number of hydrogen-bond donors (Lipinski definition) is 1. The average molecular weight is 642 g/mol. The molecule has 7 nitrogen and oxygen atoms in total. The molecule has 0 aliphatic rings. The van der Waals surface area contributed by atoms with E-state index >= 15 is 0 Å². The molecule has 3 aromatic carbocycles. The SMILES string of the molecule is CC[C@@H](C)NC(=O)[C@@H](Cc1ccccc1)N(Cc1ccccc1F)C(=O)CN(c1ccc(Cl)c(C(F)(F)F)c1)S(C)(=O)=O. The Bertz CT molecular complexity index is 1540. The predicted molar refractivity (Wildman–Crippen MR) is 157 cm³/mol. The number of carbonyl (C=O) groups excluding carboxylic acids is 2. The van der Waals surface area contributed by atoms with E-state index in [4.69, 9.17) is 11.6 Å². The Morgan fingerprint density at radius 3 is 2.21 bits per heavy atom. The van der Waals surface area contributed by atoms with Crippen LogP contribution in [0.25, 0.3) is 0 Å². The van der Waals surface area contributed by atoms with E-state index in [2.05, 4.69) is 5.32 Å². The molecule has 0 fully saturated rings. The molecule has 0 bridgehead atoms. The minimum Gasteiger partial charge on any atom is -0.352 e. The molecule has 43 heavy (non-hydrogen) atoms. The van der Waals surface area contributed by atoms with Crippen LogP contribution in [-0.4, -0.2) is 50.0 Å². The number of benzene rings is 3. The third-order valence-electron chi connectivity index (χ3n) is 6.79. The lowest BCUT2D eigenvalue weighted by Crippen LogP contribution is -2.54. The lowest BCUT2D eigenvalue weighted by molar-refractivity contribution is -0.140. The van der Waals surface area contributed by atoms with Crippen LogP contribution in [0.4, 0.5) is 23.2 Å². The van der Waals surface area contributed by atoms with Gasteiger partial charge in [0.05, 0.1) is 22.5 Å². The van der Waals surface area contributed by atoms with E-state index in [0.717, 1.165) is 23.3 Å².